The average Bonchev–Trinajstić information content (AvgIpc) is 2.77. The van der Waals surface area contributed by atoms with Crippen molar-refractivity contribution in [2.45, 2.75) is 12.2 Å². The summed E-state index contributed by atoms with van der Waals surface area (Å²) in [5.41, 5.74) is 1.91. The van der Waals surface area contributed by atoms with E-state index in [1.165, 1.54) is 19.5 Å². The number of morpholine rings is 1. The Bertz CT molecular complexity index is 954. The van der Waals surface area contributed by atoms with E-state index in [9.17, 15) is 9.59 Å². The van der Waals surface area contributed by atoms with Crippen molar-refractivity contribution in [3.63, 3.8) is 0 Å². The molecule has 1 aliphatic rings. The third-order valence-corrected chi connectivity index (χ3v) is 4.86. The Labute approximate surface area is 179 Å². The smallest absolute Gasteiger partial charge is 0.269 e. The van der Waals surface area contributed by atoms with Crippen LogP contribution in [0.3, 0.4) is 0 Å². The van der Waals surface area contributed by atoms with E-state index in [2.05, 4.69) is 32.2 Å². The van der Waals surface area contributed by atoms with Crippen molar-refractivity contribution in [1.29, 1.82) is 0 Å². The third kappa shape index (κ3) is 4.99. The summed E-state index contributed by atoms with van der Waals surface area (Å²) < 4.78 is 6.19. The number of nitrogens with one attached hydrogen (secondary N) is 2. The number of hydrogen-bond donors (Lipinski definition) is 2. The zero-order valence-electron chi connectivity index (χ0n) is 16.8. The molecule has 0 saturated carbocycles. The van der Waals surface area contributed by atoms with Gasteiger partial charge < -0.3 is 20.3 Å². The second kappa shape index (κ2) is 9.75. The lowest BCUT2D eigenvalue weighted by atomic mass is 10.0. The lowest BCUT2D eigenvalue weighted by molar-refractivity contribution is -0.140. The Morgan fingerprint density at radius 1 is 1.27 bits per heavy atom. The molecule has 1 saturated heterocycles. The summed E-state index contributed by atoms with van der Waals surface area (Å²) in [6.45, 7) is 4.99. The highest BCUT2D eigenvalue weighted by Crippen LogP contribution is 2.29. The summed E-state index contributed by atoms with van der Waals surface area (Å²) in [6.07, 6.45) is 2.00. The SMILES string of the molecule is C=CC(=O)N1C[C@@H](CNC)O[C@@H](c2cc(Cl)nc(-c3cc(C(=O)NC)ncn3)c2)C1. The van der Waals surface area contributed by atoms with Crippen LogP contribution in [0, 0.1) is 0 Å². The Kier molecular flexibility index (Phi) is 7.09. The quantitative estimate of drug-likeness (QED) is 0.524. The van der Waals surface area contributed by atoms with E-state index in [4.69, 9.17) is 16.3 Å². The number of pyridine rings is 1. The van der Waals surface area contributed by atoms with Gasteiger partial charge in [-0.15, -0.1) is 0 Å². The van der Waals surface area contributed by atoms with Crippen molar-refractivity contribution in [1.82, 2.24) is 30.5 Å². The van der Waals surface area contributed by atoms with E-state index in [1.807, 2.05) is 7.05 Å². The number of carbonyl (C=O) groups excluding carboxylic acids is 2. The lowest BCUT2D eigenvalue weighted by Crippen LogP contribution is -2.49. The number of aromatic nitrogens is 3. The van der Waals surface area contributed by atoms with Gasteiger partial charge in [-0.1, -0.05) is 18.2 Å². The molecule has 10 heteroatoms. The number of nitrogens with zero attached hydrogens (tertiary/aromatic N) is 4. The molecule has 0 aromatic carbocycles. The normalized spacial score (nSPS) is 18.7. The largest absolute Gasteiger partial charge is 0.365 e. The lowest BCUT2D eigenvalue weighted by Gasteiger charge is -2.38. The number of rotatable bonds is 6. The minimum absolute atomic E-state index is 0.157. The number of likely N-dealkylation sites (N-methyl/N-ethyl adjacent to an activating group) is 1. The molecule has 0 unspecified atom stereocenters. The summed E-state index contributed by atoms with van der Waals surface area (Å²) >= 11 is 6.27. The minimum atomic E-state index is -0.402. The molecule has 2 N–H and O–H groups in total. The molecule has 0 bridgehead atoms. The standard InChI is InChI=1S/C20H23ClN6O3/c1-4-19(28)27-9-13(8-22-2)30-17(10-27)12-5-15(26-18(21)6-12)14-7-16(20(29)23-3)25-11-24-14/h4-7,11,13,17,22H,1,8-10H2,2-3H3,(H,23,29)/t13-,17-/m1/s1. The van der Waals surface area contributed by atoms with Gasteiger partial charge in [-0.2, -0.15) is 0 Å². The van der Waals surface area contributed by atoms with Gasteiger partial charge in [0.15, 0.2) is 0 Å². The predicted molar refractivity (Wildman–Crippen MR) is 112 cm³/mol. The van der Waals surface area contributed by atoms with Crippen molar-refractivity contribution >= 4 is 23.4 Å². The fourth-order valence-corrected chi connectivity index (χ4v) is 3.47. The van der Waals surface area contributed by atoms with E-state index >= 15 is 0 Å². The van der Waals surface area contributed by atoms with Gasteiger partial charge in [0, 0.05) is 20.1 Å². The number of ether oxygens (including phenoxy) is 1. The van der Waals surface area contributed by atoms with Gasteiger partial charge in [0.2, 0.25) is 5.91 Å². The maximum Gasteiger partial charge on any atom is 0.269 e. The monoisotopic (exact) mass is 430 g/mol. The molecule has 0 radical (unpaired) electrons. The fraction of sp³-hybridized carbons (Fsp3) is 0.350. The summed E-state index contributed by atoms with van der Waals surface area (Å²) in [6, 6.07) is 5.04. The predicted octanol–water partition coefficient (Wildman–Crippen LogP) is 1.23. The molecule has 158 valence electrons. The topological polar surface area (TPSA) is 109 Å². The summed E-state index contributed by atoms with van der Waals surface area (Å²) in [7, 11) is 3.35. The van der Waals surface area contributed by atoms with Crippen LogP contribution in [0.2, 0.25) is 5.15 Å². The number of amides is 2. The van der Waals surface area contributed by atoms with Crippen LogP contribution in [0.5, 0.6) is 0 Å². The van der Waals surface area contributed by atoms with E-state index in [1.54, 1.807) is 23.1 Å². The first-order valence-corrected chi connectivity index (χ1v) is 9.76. The Hall–Kier alpha value is -2.88. The first-order chi connectivity index (χ1) is 14.4. The molecule has 2 amide bonds. The molecule has 2 atom stereocenters. The third-order valence-electron chi connectivity index (χ3n) is 4.66. The van der Waals surface area contributed by atoms with E-state index in [-0.39, 0.29) is 28.8 Å². The Morgan fingerprint density at radius 2 is 2.07 bits per heavy atom. The maximum atomic E-state index is 12.2. The molecule has 30 heavy (non-hydrogen) atoms. The van der Waals surface area contributed by atoms with Crippen LogP contribution in [-0.2, 0) is 9.53 Å². The van der Waals surface area contributed by atoms with Crippen LogP contribution < -0.4 is 10.6 Å². The van der Waals surface area contributed by atoms with Crippen LogP contribution in [0.25, 0.3) is 11.4 Å². The molecular weight excluding hydrogens is 408 g/mol. The summed E-state index contributed by atoms with van der Waals surface area (Å²) in [4.78, 5) is 38.3. The van der Waals surface area contributed by atoms with Crippen LogP contribution in [-0.4, -0.2) is 71.5 Å². The first kappa shape index (κ1) is 21.8. The molecule has 1 fully saturated rings. The average molecular weight is 431 g/mol. The summed E-state index contributed by atoms with van der Waals surface area (Å²) in [5, 5.41) is 5.85. The maximum absolute atomic E-state index is 12.2. The highest BCUT2D eigenvalue weighted by molar-refractivity contribution is 6.29. The molecule has 9 nitrogen and oxygen atoms in total. The van der Waals surface area contributed by atoms with Crippen LogP contribution >= 0.6 is 11.6 Å². The van der Waals surface area contributed by atoms with Crippen LogP contribution in [0.15, 0.2) is 37.2 Å². The Balaban J connectivity index is 1.95. The van der Waals surface area contributed by atoms with Crippen molar-refractivity contribution in [3.05, 3.63) is 53.6 Å². The van der Waals surface area contributed by atoms with Crippen molar-refractivity contribution in [2.75, 3.05) is 33.7 Å². The van der Waals surface area contributed by atoms with Gasteiger partial charge in [0.05, 0.1) is 24.0 Å². The molecule has 3 rings (SSSR count). The number of halogens is 1. The zero-order valence-corrected chi connectivity index (χ0v) is 17.5. The van der Waals surface area contributed by atoms with E-state index < -0.39 is 6.10 Å². The van der Waals surface area contributed by atoms with Gasteiger partial charge in [0.25, 0.3) is 5.91 Å². The minimum Gasteiger partial charge on any atom is -0.365 e. The Morgan fingerprint density at radius 3 is 2.77 bits per heavy atom. The molecular formula is C20H23ClN6O3. The molecule has 1 aliphatic heterocycles. The number of hydrogen-bond acceptors (Lipinski definition) is 7. The van der Waals surface area contributed by atoms with Crippen LogP contribution in [0.1, 0.15) is 22.2 Å². The van der Waals surface area contributed by atoms with Gasteiger partial charge in [-0.05, 0) is 36.9 Å². The highest BCUT2D eigenvalue weighted by atomic mass is 35.5. The van der Waals surface area contributed by atoms with E-state index in [0.29, 0.717) is 31.0 Å². The van der Waals surface area contributed by atoms with Crippen LogP contribution in [0.4, 0.5) is 0 Å². The zero-order chi connectivity index (χ0) is 21.7. The summed E-state index contributed by atoms with van der Waals surface area (Å²) in [5.74, 6) is -0.485. The van der Waals surface area contributed by atoms with Gasteiger partial charge in [-0.25, -0.2) is 15.0 Å². The van der Waals surface area contributed by atoms with Crippen molar-refractivity contribution in [2.24, 2.45) is 0 Å². The first-order valence-electron chi connectivity index (χ1n) is 9.38. The molecule has 0 spiro atoms. The molecule has 3 heterocycles. The number of carbonyl (C=O) groups is 2. The second-order valence-corrected chi connectivity index (χ2v) is 7.12. The van der Waals surface area contributed by atoms with Crippen molar-refractivity contribution < 1.29 is 14.3 Å². The van der Waals surface area contributed by atoms with E-state index in [0.717, 1.165) is 5.56 Å². The van der Waals surface area contributed by atoms with Gasteiger partial charge in [-0.3, -0.25) is 9.59 Å². The molecule has 2 aromatic rings. The van der Waals surface area contributed by atoms with Gasteiger partial charge >= 0.3 is 0 Å². The van der Waals surface area contributed by atoms with Crippen molar-refractivity contribution in [3.8, 4) is 11.4 Å². The second-order valence-electron chi connectivity index (χ2n) is 6.73. The molecule has 0 aliphatic carbocycles. The fourth-order valence-electron chi connectivity index (χ4n) is 3.26. The van der Waals surface area contributed by atoms with Gasteiger partial charge in [0.1, 0.15) is 23.3 Å². The molecule has 2 aromatic heterocycles. The highest BCUT2D eigenvalue weighted by Gasteiger charge is 2.31.